The predicted molar refractivity (Wildman–Crippen MR) is 73.2 cm³/mol. The summed E-state index contributed by atoms with van der Waals surface area (Å²) in [7, 11) is 0. The first-order valence-electron chi connectivity index (χ1n) is 5.75. The largest absolute Gasteiger partial charge is 0.439 e. The van der Waals surface area contributed by atoms with E-state index in [9.17, 15) is 0 Å². The van der Waals surface area contributed by atoms with Crippen molar-refractivity contribution in [3.05, 3.63) is 28.6 Å². The second kappa shape index (κ2) is 4.78. The molecule has 1 heterocycles. The van der Waals surface area contributed by atoms with Crippen LogP contribution in [0, 0.1) is 0 Å². The smallest absolute Gasteiger partial charge is 0.196 e. The molecule has 0 aliphatic rings. The van der Waals surface area contributed by atoms with Crippen molar-refractivity contribution in [1.29, 1.82) is 0 Å². The molecule has 0 radical (unpaired) electrons. The highest BCUT2D eigenvalue weighted by atomic mass is 79.9. The first-order chi connectivity index (χ1) is 7.96. The summed E-state index contributed by atoms with van der Waals surface area (Å²) in [5.74, 6) is 0.781. The molecule has 0 saturated heterocycles. The summed E-state index contributed by atoms with van der Waals surface area (Å²) < 4.78 is 6.67. The number of hydrogen-bond donors (Lipinski definition) is 1. The average Bonchev–Trinajstić information content (AvgIpc) is 2.60. The number of hydrogen-bond acceptors (Lipinski definition) is 3. The highest BCUT2D eigenvalue weighted by Crippen LogP contribution is 2.24. The fourth-order valence-electron chi connectivity index (χ4n) is 1.61. The number of nitrogens with one attached hydrogen (secondary N) is 1. The maximum Gasteiger partial charge on any atom is 0.196 e. The molecule has 0 unspecified atom stereocenters. The van der Waals surface area contributed by atoms with Gasteiger partial charge in [0.25, 0.3) is 0 Å². The van der Waals surface area contributed by atoms with Gasteiger partial charge in [-0.25, -0.2) is 4.98 Å². The van der Waals surface area contributed by atoms with Gasteiger partial charge in [0.15, 0.2) is 11.5 Å². The van der Waals surface area contributed by atoms with Gasteiger partial charge in [-0.2, -0.15) is 0 Å². The minimum absolute atomic E-state index is 0.132. The lowest BCUT2D eigenvalue weighted by Gasteiger charge is -2.19. The van der Waals surface area contributed by atoms with E-state index in [0.29, 0.717) is 0 Å². The molecule has 2 aromatic rings. The third kappa shape index (κ3) is 3.30. The van der Waals surface area contributed by atoms with Crippen LogP contribution in [0.25, 0.3) is 11.1 Å². The van der Waals surface area contributed by atoms with Gasteiger partial charge in [0.2, 0.25) is 0 Å². The normalized spacial score (nSPS) is 12.2. The van der Waals surface area contributed by atoms with E-state index < -0.39 is 0 Å². The third-order valence-corrected chi connectivity index (χ3v) is 3.03. The van der Waals surface area contributed by atoms with Crippen LogP contribution in [-0.4, -0.2) is 17.1 Å². The van der Waals surface area contributed by atoms with Gasteiger partial charge in [-0.1, -0.05) is 6.07 Å². The third-order valence-electron chi connectivity index (χ3n) is 2.41. The number of halogens is 1. The van der Waals surface area contributed by atoms with E-state index in [1.807, 2.05) is 18.2 Å². The number of para-hydroxylation sites is 1. The molecule has 3 nitrogen and oxygen atoms in total. The second-order valence-electron chi connectivity index (χ2n) is 5.12. The predicted octanol–water partition coefficient (Wildman–Crippen LogP) is 3.52. The summed E-state index contributed by atoms with van der Waals surface area (Å²) in [5.41, 5.74) is 1.87. The topological polar surface area (TPSA) is 38.1 Å². The molecule has 1 aromatic carbocycles. The van der Waals surface area contributed by atoms with E-state index in [0.717, 1.165) is 34.4 Å². The highest BCUT2D eigenvalue weighted by molar-refractivity contribution is 9.10. The molecule has 0 aliphatic carbocycles. The SMILES string of the molecule is CC(C)(C)NCCc1nc2cccc(Br)c2o1. The van der Waals surface area contributed by atoms with Crippen molar-refractivity contribution in [3.63, 3.8) is 0 Å². The highest BCUT2D eigenvalue weighted by Gasteiger charge is 2.11. The summed E-state index contributed by atoms with van der Waals surface area (Å²) in [5, 5.41) is 3.42. The Morgan fingerprint density at radius 1 is 1.35 bits per heavy atom. The first-order valence-corrected chi connectivity index (χ1v) is 6.54. The fourth-order valence-corrected chi connectivity index (χ4v) is 2.05. The molecule has 0 atom stereocenters. The Bertz CT molecular complexity index is 514. The van der Waals surface area contributed by atoms with Gasteiger partial charge < -0.3 is 9.73 Å². The summed E-state index contributed by atoms with van der Waals surface area (Å²) >= 11 is 3.46. The van der Waals surface area contributed by atoms with Crippen molar-refractivity contribution in [2.45, 2.75) is 32.7 Å². The number of rotatable bonds is 3. The summed E-state index contributed by atoms with van der Waals surface area (Å²) in [6.07, 6.45) is 0.804. The molecule has 0 fully saturated rings. The van der Waals surface area contributed by atoms with Crippen LogP contribution in [0.15, 0.2) is 27.1 Å². The average molecular weight is 297 g/mol. The van der Waals surface area contributed by atoms with Crippen LogP contribution in [0.5, 0.6) is 0 Å². The van der Waals surface area contributed by atoms with E-state index in [1.165, 1.54) is 0 Å². The molecule has 17 heavy (non-hydrogen) atoms. The van der Waals surface area contributed by atoms with Gasteiger partial charge in [0, 0.05) is 18.5 Å². The van der Waals surface area contributed by atoms with Crippen LogP contribution >= 0.6 is 15.9 Å². The number of oxazole rings is 1. The van der Waals surface area contributed by atoms with Gasteiger partial charge in [0.05, 0.1) is 4.47 Å². The molecule has 2 rings (SSSR count). The maximum atomic E-state index is 5.72. The van der Waals surface area contributed by atoms with Crippen LogP contribution in [0.4, 0.5) is 0 Å². The lowest BCUT2D eigenvalue weighted by molar-refractivity contribution is 0.414. The maximum absolute atomic E-state index is 5.72. The molecule has 0 aliphatic heterocycles. The molecule has 1 N–H and O–H groups in total. The van der Waals surface area contributed by atoms with E-state index in [-0.39, 0.29) is 5.54 Å². The number of fused-ring (bicyclic) bond motifs is 1. The van der Waals surface area contributed by atoms with E-state index in [2.05, 4.69) is 47.0 Å². The van der Waals surface area contributed by atoms with Crippen molar-refractivity contribution >= 4 is 27.0 Å². The summed E-state index contributed by atoms with van der Waals surface area (Å²) in [4.78, 5) is 4.46. The molecule has 4 heteroatoms. The van der Waals surface area contributed by atoms with Crippen molar-refractivity contribution < 1.29 is 4.42 Å². The minimum Gasteiger partial charge on any atom is -0.439 e. The Balaban J connectivity index is 2.07. The van der Waals surface area contributed by atoms with Crippen molar-refractivity contribution in [2.75, 3.05) is 6.54 Å². The van der Waals surface area contributed by atoms with Gasteiger partial charge in [0.1, 0.15) is 5.52 Å². The molecule has 92 valence electrons. The molecule has 0 spiro atoms. The molecular weight excluding hydrogens is 280 g/mol. The second-order valence-corrected chi connectivity index (χ2v) is 5.98. The zero-order chi connectivity index (χ0) is 12.5. The molecule has 0 saturated carbocycles. The number of aromatic nitrogens is 1. The molecule has 0 amide bonds. The summed E-state index contributed by atoms with van der Waals surface area (Å²) in [6, 6.07) is 5.89. The quantitative estimate of drug-likeness (QED) is 0.942. The van der Waals surface area contributed by atoms with Crippen LogP contribution in [-0.2, 0) is 6.42 Å². The Kier molecular flexibility index (Phi) is 3.54. The zero-order valence-electron chi connectivity index (χ0n) is 10.4. The number of benzene rings is 1. The Morgan fingerprint density at radius 2 is 2.12 bits per heavy atom. The Hall–Kier alpha value is -0.870. The Morgan fingerprint density at radius 3 is 2.76 bits per heavy atom. The van der Waals surface area contributed by atoms with Gasteiger partial charge >= 0.3 is 0 Å². The van der Waals surface area contributed by atoms with E-state index in [1.54, 1.807) is 0 Å². The van der Waals surface area contributed by atoms with Crippen molar-refractivity contribution in [2.24, 2.45) is 0 Å². The standard InChI is InChI=1S/C13H17BrN2O/c1-13(2,3)15-8-7-11-16-10-6-4-5-9(14)12(10)17-11/h4-6,15H,7-8H2,1-3H3. The summed E-state index contributed by atoms with van der Waals surface area (Å²) in [6.45, 7) is 7.31. The van der Waals surface area contributed by atoms with E-state index >= 15 is 0 Å². The molecule has 0 bridgehead atoms. The molecular formula is C13H17BrN2O. The van der Waals surface area contributed by atoms with Crippen molar-refractivity contribution in [1.82, 2.24) is 10.3 Å². The number of nitrogens with zero attached hydrogens (tertiary/aromatic N) is 1. The van der Waals surface area contributed by atoms with Crippen LogP contribution in [0.2, 0.25) is 0 Å². The van der Waals surface area contributed by atoms with Gasteiger partial charge in [-0.05, 0) is 48.8 Å². The van der Waals surface area contributed by atoms with Gasteiger partial charge in [-0.15, -0.1) is 0 Å². The van der Waals surface area contributed by atoms with E-state index in [4.69, 9.17) is 4.42 Å². The monoisotopic (exact) mass is 296 g/mol. The minimum atomic E-state index is 0.132. The fraction of sp³-hybridized carbons (Fsp3) is 0.462. The molecule has 1 aromatic heterocycles. The lowest BCUT2D eigenvalue weighted by Crippen LogP contribution is -2.37. The van der Waals surface area contributed by atoms with Crippen LogP contribution < -0.4 is 5.32 Å². The zero-order valence-corrected chi connectivity index (χ0v) is 12.0. The van der Waals surface area contributed by atoms with Crippen LogP contribution in [0.3, 0.4) is 0 Å². The Labute approximate surface area is 110 Å². The van der Waals surface area contributed by atoms with Gasteiger partial charge in [-0.3, -0.25) is 0 Å². The van der Waals surface area contributed by atoms with Crippen LogP contribution in [0.1, 0.15) is 26.7 Å². The van der Waals surface area contributed by atoms with Crippen molar-refractivity contribution in [3.8, 4) is 0 Å². The first kappa shape index (κ1) is 12.6. The lowest BCUT2D eigenvalue weighted by atomic mass is 10.1.